The number of nitrogens with zero attached hydrogens (tertiary/aromatic N) is 3. The van der Waals surface area contributed by atoms with E-state index in [1.807, 2.05) is 21.1 Å². The smallest absolute Gasteiger partial charge is 0.253 e. The van der Waals surface area contributed by atoms with E-state index in [9.17, 15) is 28.8 Å². The highest BCUT2D eigenvalue weighted by Crippen LogP contribution is 2.16. The first-order valence-corrected chi connectivity index (χ1v) is 17.1. The van der Waals surface area contributed by atoms with Crippen LogP contribution in [0.2, 0.25) is 0 Å². The van der Waals surface area contributed by atoms with E-state index in [0.717, 1.165) is 77.8 Å². The van der Waals surface area contributed by atoms with E-state index in [4.69, 9.17) is 0 Å². The van der Waals surface area contributed by atoms with E-state index in [1.165, 1.54) is 0 Å². The first-order valence-electron chi connectivity index (χ1n) is 17.1. The van der Waals surface area contributed by atoms with Crippen LogP contribution in [0, 0.1) is 0 Å². The largest absolute Gasteiger partial charge is 0.380 e. The number of nitrogens with one attached hydrogen (secondary N) is 6. The minimum Gasteiger partial charge on any atom is -0.380 e. The second-order valence-electron chi connectivity index (χ2n) is 12.8. The SMILES string of the molecule is CN1CCCNc2c(c(=O)c2=O)NCCCN(C)CCCNc2c(c(=O)c2=O)NCCCN(C)CCCNc2c(c(=O)c2=O)NCCC1.[HH].[HH].[HH].[HH].[HH].[HH]. The van der Waals surface area contributed by atoms with Gasteiger partial charge in [-0.1, -0.05) is 0 Å². The van der Waals surface area contributed by atoms with Gasteiger partial charge in [-0.2, -0.15) is 0 Å². The second kappa shape index (κ2) is 17.9. The zero-order valence-electron chi connectivity index (χ0n) is 28.5. The van der Waals surface area contributed by atoms with Crippen LogP contribution in [0.3, 0.4) is 0 Å². The number of anilines is 6. The van der Waals surface area contributed by atoms with Crippen LogP contribution in [0.25, 0.3) is 0 Å². The molecule has 0 atom stereocenters. The van der Waals surface area contributed by atoms with Crippen LogP contribution in [0.1, 0.15) is 47.1 Å². The Morgan fingerprint density at radius 1 is 0.333 bits per heavy atom. The molecule has 3 aromatic rings. The molecule has 0 spiro atoms. The third-order valence-corrected chi connectivity index (χ3v) is 8.84. The van der Waals surface area contributed by atoms with Gasteiger partial charge in [0.1, 0.15) is 34.1 Å². The molecule has 48 heavy (non-hydrogen) atoms. The highest BCUT2D eigenvalue weighted by atomic mass is 16.2. The lowest BCUT2D eigenvalue weighted by Crippen LogP contribution is -2.38. The maximum Gasteiger partial charge on any atom is 0.253 e. The van der Waals surface area contributed by atoms with Crippen LogP contribution in [-0.2, 0) is 0 Å². The Kier molecular flexibility index (Phi) is 13.7. The van der Waals surface area contributed by atoms with Crippen molar-refractivity contribution in [3.05, 3.63) is 61.3 Å². The van der Waals surface area contributed by atoms with Crippen molar-refractivity contribution >= 4 is 34.1 Å². The molecule has 0 aliphatic carbocycles. The average molecular weight is 682 g/mol. The van der Waals surface area contributed by atoms with Gasteiger partial charge in [-0.05, 0) is 98.9 Å². The van der Waals surface area contributed by atoms with Gasteiger partial charge in [0.25, 0.3) is 32.6 Å². The lowest BCUT2D eigenvalue weighted by atomic mass is 10.1. The molecule has 15 nitrogen and oxygen atoms in total. The van der Waals surface area contributed by atoms with Gasteiger partial charge in [0, 0.05) is 47.8 Å². The van der Waals surface area contributed by atoms with Crippen LogP contribution in [0.4, 0.5) is 34.1 Å². The van der Waals surface area contributed by atoms with E-state index in [0.29, 0.717) is 73.4 Å². The Balaban J connectivity index is -0.00000433. The monoisotopic (exact) mass is 681 g/mol. The van der Waals surface area contributed by atoms with E-state index >= 15 is 0 Å². The number of hydrogen-bond donors (Lipinski definition) is 6. The normalized spacial score (nSPS) is 19.3. The van der Waals surface area contributed by atoms with Crippen molar-refractivity contribution in [2.75, 3.05) is 132 Å². The summed E-state index contributed by atoms with van der Waals surface area (Å²) >= 11 is 0. The molecule has 1 heterocycles. The van der Waals surface area contributed by atoms with E-state index in [2.05, 4.69) is 46.6 Å². The van der Waals surface area contributed by atoms with Crippen LogP contribution >= 0.6 is 0 Å². The molecule has 0 saturated heterocycles. The highest BCUT2D eigenvalue weighted by molar-refractivity contribution is 5.75. The van der Waals surface area contributed by atoms with Crippen molar-refractivity contribution in [1.82, 2.24) is 14.7 Å². The molecular formula is C33H63N9O6. The molecule has 276 valence electrons. The quantitative estimate of drug-likeness (QED) is 0.184. The van der Waals surface area contributed by atoms with Crippen LogP contribution in [0.15, 0.2) is 28.8 Å². The molecule has 0 saturated carbocycles. The van der Waals surface area contributed by atoms with Crippen molar-refractivity contribution in [2.24, 2.45) is 0 Å². The molecule has 0 aromatic heterocycles. The highest BCUT2D eigenvalue weighted by Gasteiger charge is 2.22. The molecule has 0 amide bonds. The second-order valence-corrected chi connectivity index (χ2v) is 12.8. The summed E-state index contributed by atoms with van der Waals surface area (Å²) in [4.78, 5) is 79.3. The first-order chi connectivity index (χ1) is 23.1. The van der Waals surface area contributed by atoms with Crippen molar-refractivity contribution < 1.29 is 8.56 Å². The fourth-order valence-electron chi connectivity index (χ4n) is 5.90. The van der Waals surface area contributed by atoms with E-state index in [1.54, 1.807) is 0 Å². The van der Waals surface area contributed by atoms with Gasteiger partial charge in [0.05, 0.1) is 0 Å². The topological polar surface area (TPSA) is 184 Å². The molecule has 3 aromatic carbocycles. The summed E-state index contributed by atoms with van der Waals surface area (Å²) in [5.74, 6) is 0. The molecule has 0 unspecified atom stereocenters. The lowest BCUT2D eigenvalue weighted by molar-refractivity contribution is 0.331. The fourth-order valence-corrected chi connectivity index (χ4v) is 5.90. The predicted octanol–water partition coefficient (Wildman–Crippen LogP) is 0.972. The Hall–Kier alpha value is -4.08. The molecular weight excluding hydrogens is 618 g/mol. The van der Waals surface area contributed by atoms with Crippen molar-refractivity contribution in [2.45, 2.75) is 38.5 Å². The number of rotatable bonds is 0. The van der Waals surface area contributed by atoms with Gasteiger partial charge in [-0.25, -0.2) is 0 Å². The summed E-state index contributed by atoms with van der Waals surface area (Å²) in [6.07, 6.45) is 4.68. The van der Waals surface area contributed by atoms with E-state index < -0.39 is 32.6 Å². The van der Waals surface area contributed by atoms with Crippen molar-refractivity contribution in [1.29, 1.82) is 0 Å². The van der Waals surface area contributed by atoms with Crippen LogP contribution < -0.4 is 64.5 Å². The van der Waals surface area contributed by atoms with Gasteiger partial charge < -0.3 is 46.6 Å². The van der Waals surface area contributed by atoms with Gasteiger partial charge in [0.2, 0.25) is 0 Å². The molecule has 0 radical (unpaired) electrons. The summed E-state index contributed by atoms with van der Waals surface area (Å²) < 4.78 is 0. The first kappa shape index (κ1) is 36.8. The summed E-state index contributed by atoms with van der Waals surface area (Å²) in [6, 6.07) is 0. The Labute approximate surface area is 289 Å². The lowest BCUT2D eigenvalue weighted by Gasteiger charge is -2.20. The Bertz CT molecular complexity index is 1410. The molecule has 0 fully saturated rings. The Morgan fingerprint density at radius 2 is 0.479 bits per heavy atom. The molecule has 1 aliphatic heterocycles. The number of fused-ring (bicyclic) bond motifs is 3. The minimum atomic E-state index is -0.492. The zero-order valence-corrected chi connectivity index (χ0v) is 28.5. The average Bonchev–Trinajstić information content (AvgIpc) is 3.08. The maximum absolute atomic E-state index is 12.1. The van der Waals surface area contributed by atoms with Crippen LogP contribution in [0.5, 0.6) is 0 Å². The molecule has 15 heteroatoms. The molecule has 0 bridgehead atoms. The maximum atomic E-state index is 12.1. The summed E-state index contributed by atoms with van der Waals surface area (Å²) in [7, 11) is 6.02. The summed E-state index contributed by atoms with van der Waals surface area (Å²) in [5, 5.41) is 18.7. The molecule has 1 aliphatic rings. The number of hydrogen-bond acceptors (Lipinski definition) is 15. The fraction of sp³-hybridized carbons (Fsp3) is 0.636. The van der Waals surface area contributed by atoms with Gasteiger partial charge in [0.15, 0.2) is 0 Å². The minimum absolute atomic E-state index is 0. The zero-order chi connectivity index (χ0) is 34.6. The van der Waals surface area contributed by atoms with Crippen LogP contribution in [-0.4, -0.2) is 114 Å². The van der Waals surface area contributed by atoms with Gasteiger partial charge in [-0.15, -0.1) is 0 Å². The summed E-state index contributed by atoms with van der Waals surface area (Å²) in [5.41, 5.74) is -0.842. The van der Waals surface area contributed by atoms with Gasteiger partial charge >= 0.3 is 0 Å². The van der Waals surface area contributed by atoms with Crippen molar-refractivity contribution in [3.8, 4) is 0 Å². The van der Waals surface area contributed by atoms with Crippen molar-refractivity contribution in [3.63, 3.8) is 0 Å². The molecule has 6 N–H and O–H groups in total. The third-order valence-electron chi connectivity index (χ3n) is 8.84. The standard InChI is InChI=1S/C33H51N9O6.6H2/c1-40-16-4-10-34-22-24(30(45)28(22)43)36-12-6-18-41(2)20-8-14-38-26-27(33(48)32(26)47)39-15-9-21-42(3)19-7-13-37-25-23(29(44)31(25)46)35-11-5-17-40;;;;;;/h34-39H,4-21H2,1-3H3;6*1H. The Morgan fingerprint density at radius 3 is 0.625 bits per heavy atom. The van der Waals surface area contributed by atoms with E-state index in [-0.39, 0.29) is 8.56 Å². The third kappa shape index (κ3) is 9.51. The summed E-state index contributed by atoms with van der Waals surface area (Å²) in [6.45, 7) is 8.08. The van der Waals surface area contributed by atoms with Gasteiger partial charge in [-0.3, -0.25) is 28.8 Å². The predicted molar refractivity (Wildman–Crippen MR) is 208 cm³/mol. The molecule has 4 rings (SSSR count).